The van der Waals surface area contributed by atoms with Gasteiger partial charge in [0.2, 0.25) is 0 Å². The van der Waals surface area contributed by atoms with Crippen molar-refractivity contribution in [1.29, 1.82) is 0 Å². The standard InChI is InChI=1S/C73H142O17P2/c1-9-65(7)51-43-35-27-19-15-13-11-12-14-16-21-29-39-47-55-72(77)89-68(59-83-70(75)53-45-37-31-23-25-33-41-49-63(3)4)61-87-91(79,80)85-57-67(74)58-86-92(81,82)88-62-69(60-84-71(76)54-46-38-32-24-26-34-42-50-64(5)6)90-73(78)56-48-40-30-22-18-17-20-28-36-44-52-66(8)10-2/h63-69,74H,9-62H2,1-8H3,(H,79,80)(H,81,82)/t65?,66?,67?,68-,69-/m1/s1. The topological polar surface area (TPSA) is 237 Å². The quantitative estimate of drug-likeness (QED) is 0.0222. The van der Waals surface area contributed by atoms with Crippen molar-refractivity contribution in [3.05, 3.63) is 0 Å². The lowest BCUT2D eigenvalue weighted by Gasteiger charge is -2.21. The van der Waals surface area contributed by atoms with Gasteiger partial charge in [-0.1, -0.05) is 312 Å². The molecule has 0 aromatic carbocycles. The molecule has 0 aromatic rings. The van der Waals surface area contributed by atoms with Gasteiger partial charge < -0.3 is 33.8 Å². The summed E-state index contributed by atoms with van der Waals surface area (Å²) in [6.07, 6.45) is 45.8. The van der Waals surface area contributed by atoms with E-state index in [1.165, 1.54) is 154 Å². The number of ether oxygens (including phenoxy) is 4. The third-order valence-electron chi connectivity index (χ3n) is 17.5. The summed E-state index contributed by atoms with van der Waals surface area (Å²) >= 11 is 0. The van der Waals surface area contributed by atoms with Gasteiger partial charge in [0, 0.05) is 25.7 Å². The molecule has 0 bridgehead atoms. The van der Waals surface area contributed by atoms with Crippen molar-refractivity contribution >= 4 is 39.5 Å². The summed E-state index contributed by atoms with van der Waals surface area (Å²) < 4.78 is 68.4. The molecule has 0 aliphatic carbocycles. The third-order valence-corrected chi connectivity index (χ3v) is 19.4. The van der Waals surface area contributed by atoms with Gasteiger partial charge in [-0.25, -0.2) is 9.13 Å². The molecule has 0 saturated carbocycles. The first-order valence-corrected chi connectivity index (χ1v) is 40.8. The van der Waals surface area contributed by atoms with Crippen LogP contribution < -0.4 is 0 Å². The highest BCUT2D eigenvalue weighted by Gasteiger charge is 2.30. The molecule has 0 spiro atoms. The van der Waals surface area contributed by atoms with E-state index in [9.17, 15) is 43.2 Å². The maximum absolute atomic E-state index is 13.0. The predicted octanol–water partition coefficient (Wildman–Crippen LogP) is 20.9. The van der Waals surface area contributed by atoms with Crippen molar-refractivity contribution in [1.82, 2.24) is 0 Å². The molecule has 5 unspecified atom stereocenters. The van der Waals surface area contributed by atoms with E-state index in [0.717, 1.165) is 115 Å². The molecular weight excluding hydrogens is 1210 g/mol. The van der Waals surface area contributed by atoms with Crippen molar-refractivity contribution in [3.63, 3.8) is 0 Å². The highest BCUT2D eigenvalue weighted by molar-refractivity contribution is 7.47. The lowest BCUT2D eigenvalue weighted by atomic mass is 9.99. The van der Waals surface area contributed by atoms with Gasteiger partial charge in [0.25, 0.3) is 0 Å². The Kier molecular flexibility index (Phi) is 61.3. The summed E-state index contributed by atoms with van der Waals surface area (Å²) in [4.78, 5) is 72.6. The number of hydrogen-bond acceptors (Lipinski definition) is 15. The van der Waals surface area contributed by atoms with Gasteiger partial charge in [0.1, 0.15) is 19.3 Å². The summed E-state index contributed by atoms with van der Waals surface area (Å²) in [5.41, 5.74) is 0. The average Bonchev–Trinajstić information content (AvgIpc) is 3.73. The number of carbonyl (C=O) groups excluding carboxylic acids is 4. The maximum Gasteiger partial charge on any atom is 0.472 e. The van der Waals surface area contributed by atoms with Gasteiger partial charge in [-0.2, -0.15) is 0 Å². The van der Waals surface area contributed by atoms with Gasteiger partial charge in [0.15, 0.2) is 12.2 Å². The predicted molar refractivity (Wildman–Crippen MR) is 372 cm³/mol. The molecule has 0 radical (unpaired) electrons. The first-order chi connectivity index (χ1) is 44.2. The smallest absolute Gasteiger partial charge is 0.462 e. The Labute approximate surface area is 562 Å². The lowest BCUT2D eigenvalue weighted by Crippen LogP contribution is -2.30. The minimum Gasteiger partial charge on any atom is -0.462 e. The molecule has 0 aliphatic rings. The number of unbranched alkanes of at least 4 members (excludes halogenated alkanes) is 34. The number of aliphatic hydroxyl groups is 1. The third kappa shape index (κ3) is 64.1. The number of rotatable bonds is 70. The molecule has 0 amide bonds. The first kappa shape index (κ1) is 90.1. The van der Waals surface area contributed by atoms with Crippen molar-refractivity contribution in [2.24, 2.45) is 23.7 Å². The van der Waals surface area contributed by atoms with Gasteiger partial charge >= 0.3 is 39.5 Å². The van der Waals surface area contributed by atoms with E-state index in [0.29, 0.717) is 37.5 Å². The molecule has 19 heteroatoms. The van der Waals surface area contributed by atoms with Crippen LogP contribution in [0, 0.1) is 23.7 Å². The maximum atomic E-state index is 13.0. The second kappa shape index (κ2) is 62.6. The Hall–Kier alpha value is -1.94. The number of phosphoric acid groups is 2. The fourth-order valence-electron chi connectivity index (χ4n) is 11.0. The van der Waals surface area contributed by atoms with E-state index in [1.807, 2.05) is 0 Å². The number of esters is 4. The molecule has 17 nitrogen and oxygen atoms in total. The first-order valence-electron chi connectivity index (χ1n) is 37.8. The van der Waals surface area contributed by atoms with Crippen molar-refractivity contribution in [2.75, 3.05) is 39.6 Å². The van der Waals surface area contributed by atoms with E-state index < -0.39 is 97.5 Å². The monoisotopic (exact) mass is 1350 g/mol. The number of phosphoric ester groups is 2. The molecule has 92 heavy (non-hydrogen) atoms. The van der Waals surface area contributed by atoms with Crippen molar-refractivity contribution in [3.8, 4) is 0 Å². The molecule has 0 aromatic heterocycles. The number of carbonyl (C=O) groups is 4. The molecule has 3 N–H and O–H groups in total. The Morgan fingerprint density at radius 1 is 0.304 bits per heavy atom. The summed E-state index contributed by atoms with van der Waals surface area (Å²) in [5, 5.41) is 10.6. The number of hydrogen-bond donors (Lipinski definition) is 3. The lowest BCUT2D eigenvalue weighted by molar-refractivity contribution is -0.161. The fraction of sp³-hybridized carbons (Fsp3) is 0.945. The molecule has 0 aliphatic heterocycles. The molecule has 0 heterocycles. The Bertz CT molecular complexity index is 1820. The van der Waals surface area contributed by atoms with E-state index in [-0.39, 0.29) is 25.7 Å². The highest BCUT2D eigenvalue weighted by Crippen LogP contribution is 2.45. The van der Waals surface area contributed by atoms with Crippen LogP contribution in [-0.2, 0) is 65.4 Å². The minimum atomic E-state index is -4.95. The Morgan fingerprint density at radius 2 is 0.522 bits per heavy atom. The van der Waals surface area contributed by atoms with Crippen LogP contribution >= 0.6 is 15.6 Å². The summed E-state index contributed by atoms with van der Waals surface area (Å²) in [6, 6.07) is 0. The van der Waals surface area contributed by atoms with E-state index in [1.54, 1.807) is 0 Å². The van der Waals surface area contributed by atoms with Crippen LogP contribution in [0.1, 0.15) is 364 Å². The van der Waals surface area contributed by atoms with Crippen molar-refractivity contribution in [2.45, 2.75) is 382 Å². The van der Waals surface area contributed by atoms with Crippen LogP contribution in [0.25, 0.3) is 0 Å². The largest absolute Gasteiger partial charge is 0.472 e. The van der Waals surface area contributed by atoms with Crippen LogP contribution in [0.3, 0.4) is 0 Å². The van der Waals surface area contributed by atoms with Crippen LogP contribution in [-0.4, -0.2) is 96.7 Å². The molecule has 0 saturated heterocycles. The summed E-state index contributed by atoms with van der Waals surface area (Å²) in [5.74, 6) is 0.932. The molecule has 0 rings (SSSR count). The van der Waals surface area contributed by atoms with Gasteiger partial charge in [0.05, 0.1) is 26.4 Å². The van der Waals surface area contributed by atoms with Crippen LogP contribution in [0.2, 0.25) is 0 Å². The normalized spacial score (nSPS) is 14.8. The zero-order valence-electron chi connectivity index (χ0n) is 60.2. The number of aliphatic hydroxyl groups excluding tert-OH is 1. The highest BCUT2D eigenvalue weighted by atomic mass is 31.2. The summed E-state index contributed by atoms with van der Waals surface area (Å²) in [6.45, 7) is 14.1. The fourth-order valence-corrected chi connectivity index (χ4v) is 12.5. The average molecular weight is 1350 g/mol. The van der Waals surface area contributed by atoms with Gasteiger partial charge in [-0.15, -0.1) is 0 Å². The van der Waals surface area contributed by atoms with Gasteiger partial charge in [-0.05, 0) is 49.4 Å². The van der Waals surface area contributed by atoms with E-state index in [4.69, 9.17) is 37.0 Å². The van der Waals surface area contributed by atoms with Crippen LogP contribution in [0.15, 0.2) is 0 Å². The van der Waals surface area contributed by atoms with E-state index in [2.05, 4.69) is 55.4 Å². The SMILES string of the molecule is CCC(C)CCCCCCCCCCCCCCCCC(=O)O[C@H](COC(=O)CCCCCCCCCC(C)C)COP(=O)(O)OCC(O)COP(=O)(O)OC[C@@H](COC(=O)CCCCCCCCCC(C)C)OC(=O)CCCCCCCCCCCCC(C)CC. The van der Waals surface area contributed by atoms with Crippen LogP contribution in [0.4, 0.5) is 0 Å². The molecule has 0 fully saturated rings. The van der Waals surface area contributed by atoms with Gasteiger partial charge in [-0.3, -0.25) is 37.3 Å². The van der Waals surface area contributed by atoms with Crippen LogP contribution in [0.5, 0.6) is 0 Å². The molecular formula is C73H142O17P2. The van der Waals surface area contributed by atoms with E-state index >= 15 is 0 Å². The van der Waals surface area contributed by atoms with Crippen molar-refractivity contribution < 1.29 is 80.2 Å². The zero-order valence-corrected chi connectivity index (χ0v) is 62.0. The minimum absolute atomic E-state index is 0.105. The second-order valence-corrected chi connectivity index (χ2v) is 30.7. The zero-order chi connectivity index (χ0) is 68.2. The Morgan fingerprint density at radius 3 is 0.772 bits per heavy atom. The molecule has 7 atom stereocenters. The second-order valence-electron chi connectivity index (χ2n) is 27.8. The molecule has 546 valence electrons. The summed E-state index contributed by atoms with van der Waals surface area (Å²) in [7, 11) is -9.91. The Balaban J connectivity index is 5.23.